The van der Waals surface area contributed by atoms with Crippen molar-refractivity contribution in [2.75, 3.05) is 13.2 Å². The fourth-order valence-electron chi connectivity index (χ4n) is 3.20. The number of rotatable bonds is 4. The van der Waals surface area contributed by atoms with Gasteiger partial charge in [-0.25, -0.2) is 4.57 Å². The summed E-state index contributed by atoms with van der Waals surface area (Å²) >= 11 is 0. The van der Waals surface area contributed by atoms with E-state index in [1.807, 2.05) is 6.92 Å². The van der Waals surface area contributed by atoms with E-state index >= 15 is 0 Å². The van der Waals surface area contributed by atoms with Gasteiger partial charge in [0.15, 0.2) is 24.7 Å². The van der Waals surface area contributed by atoms with Crippen molar-refractivity contribution in [1.29, 1.82) is 0 Å². The van der Waals surface area contributed by atoms with Crippen LogP contribution in [0.25, 0.3) is 10.9 Å². The van der Waals surface area contributed by atoms with E-state index in [-0.39, 0.29) is 0 Å². The fourth-order valence-corrected chi connectivity index (χ4v) is 3.20. The number of benzene rings is 1. The molecular formula is C19H21N2O2+. The van der Waals surface area contributed by atoms with Gasteiger partial charge in [0, 0.05) is 29.6 Å². The molecule has 0 bridgehead atoms. The molecule has 0 saturated carbocycles. The summed E-state index contributed by atoms with van der Waals surface area (Å²) in [5.41, 5.74) is 3.61. The van der Waals surface area contributed by atoms with Crippen molar-refractivity contribution in [3.63, 3.8) is 0 Å². The van der Waals surface area contributed by atoms with Crippen LogP contribution < -0.4 is 4.57 Å². The smallest absolute Gasteiger partial charge is 0.197 e. The third-order valence-electron chi connectivity index (χ3n) is 4.54. The molecule has 0 atom stereocenters. The number of nitrogens with one attached hydrogen (secondary N) is 1. The minimum atomic E-state index is -0.607. The van der Waals surface area contributed by atoms with Crippen molar-refractivity contribution in [3.8, 4) is 0 Å². The molecule has 23 heavy (non-hydrogen) atoms. The monoisotopic (exact) mass is 309 g/mol. The van der Waals surface area contributed by atoms with Crippen LogP contribution in [0.1, 0.15) is 18.1 Å². The molecule has 118 valence electrons. The lowest BCUT2D eigenvalue weighted by Gasteiger charge is -2.21. The third-order valence-corrected chi connectivity index (χ3v) is 4.54. The number of aryl methyl sites for hydroxylation is 2. The maximum absolute atomic E-state index is 5.75. The fraction of sp³-hybridized carbons (Fsp3) is 0.316. The predicted octanol–water partition coefficient (Wildman–Crippen LogP) is 2.92. The molecule has 4 nitrogen and oxygen atoms in total. The molecule has 0 spiro atoms. The molecule has 1 aromatic carbocycles. The van der Waals surface area contributed by atoms with Gasteiger partial charge in [-0.1, -0.05) is 18.2 Å². The average molecular weight is 309 g/mol. The van der Waals surface area contributed by atoms with E-state index in [1.54, 1.807) is 0 Å². The summed E-state index contributed by atoms with van der Waals surface area (Å²) in [6.45, 7) is 4.21. The first-order chi connectivity index (χ1) is 11.2. The summed E-state index contributed by atoms with van der Waals surface area (Å²) in [7, 11) is 0. The van der Waals surface area contributed by atoms with Crippen molar-refractivity contribution < 1.29 is 14.0 Å². The minimum Gasteiger partial charge on any atom is -0.361 e. The molecule has 2 aromatic heterocycles. The van der Waals surface area contributed by atoms with Crippen molar-refractivity contribution in [3.05, 3.63) is 66.1 Å². The molecule has 0 aliphatic carbocycles. The number of pyridine rings is 1. The van der Waals surface area contributed by atoms with Crippen LogP contribution in [0.5, 0.6) is 0 Å². The molecule has 4 heteroatoms. The van der Waals surface area contributed by atoms with Crippen LogP contribution in [0.2, 0.25) is 0 Å². The van der Waals surface area contributed by atoms with E-state index in [2.05, 4.69) is 64.5 Å². The number of aromatic nitrogens is 2. The van der Waals surface area contributed by atoms with Gasteiger partial charge in [-0.05, 0) is 24.6 Å². The van der Waals surface area contributed by atoms with Crippen molar-refractivity contribution in [1.82, 2.24) is 4.98 Å². The molecule has 3 heterocycles. The summed E-state index contributed by atoms with van der Waals surface area (Å²) in [5.74, 6) is -0.607. The van der Waals surface area contributed by atoms with Gasteiger partial charge in [-0.15, -0.1) is 0 Å². The number of ether oxygens (including phenoxy) is 2. The summed E-state index contributed by atoms with van der Waals surface area (Å²) in [4.78, 5) is 3.34. The largest absolute Gasteiger partial charge is 0.361 e. The van der Waals surface area contributed by atoms with Crippen LogP contribution in [-0.2, 0) is 28.2 Å². The van der Waals surface area contributed by atoms with E-state index in [4.69, 9.17) is 9.47 Å². The Morgan fingerprint density at radius 2 is 1.96 bits per heavy atom. The number of hydrogen-bond donors (Lipinski definition) is 1. The van der Waals surface area contributed by atoms with E-state index < -0.39 is 5.79 Å². The molecule has 1 saturated heterocycles. The Balaban J connectivity index is 1.53. The Labute approximate surface area is 135 Å². The molecule has 1 aliphatic rings. The number of para-hydroxylation sites is 1. The molecule has 0 radical (unpaired) electrons. The van der Waals surface area contributed by atoms with Gasteiger partial charge < -0.3 is 14.5 Å². The summed E-state index contributed by atoms with van der Waals surface area (Å²) in [6.07, 6.45) is 7.31. The molecule has 3 aromatic rings. The van der Waals surface area contributed by atoms with Crippen LogP contribution >= 0.6 is 0 Å². The maximum atomic E-state index is 5.75. The topological polar surface area (TPSA) is 38.1 Å². The number of nitrogens with zero attached hydrogens (tertiary/aromatic N) is 1. The van der Waals surface area contributed by atoms with Crippen LogP contribution in [0, 0.1) is 0 Å². The molecule has 1 fully saturated rings. The Bertz CT molecular complexity index is 819. The molecule has 1 aliphatic heterocycles. The van der Waals surface area contributed by atoms with Crippen molar-refractivity contribution >= 4 is 10.9 Å². The van der Waals surface area contributed by atoms with E-state index in [1.165, 1.54) is 16.5 Å². The number of hydrogen-bond acceptors (Lipinski definition) is 2. The quantitative estimate of drug-likeness (QED) is 0.753. The van der Waals surface area contributed by atoms with Crippen LogP contribution in [0.15, 0.2) is 55.0 Å². The average Bonchev–Trinajstić information content (AvgIpc) is 3.21. The lowest BCUT2D eigenvalue weighted by atomic mass is 10.1. The Hall–Kier alpha value is -2.17. The Morgan fingerprint density at radius 3 is 2.83 bits per heavy atom. The molecule has 0 amide bonds. The second-order valence-corrected chi connectivity index (χ2v) is 6.08. The number of fused-ring (bicyclic) bond motifs is 1. The molecule has 4 rings (SSSR count). The first kappa shape index (κ1) is 14.4. The van der Waals surface area contributed by atoms with Crippen molar-refractivity contribution in [2.45, 2.75) is 25.7 Å². The first-order valence-electron chi connectivity index (χ1n) is 8.07. The first-order valence-corrected chi connectivity index (χ1v) is 8.07. The van der Waals surface area contributed by atoms with Gasteiger partial charge in [-0.3, -0.25) is 0 Å². The van der Waals surface area contributed by atoms with E-state index in [9.17, 15) is 0 Å². The van der Waals surface area contributed by atoms with Crippen LogP contribution in [-0.4, -0.2) is 18.2 Å². The zero-order chi connectivity index (χ0) is 15.7. The van der Waals surface area contributed by atoms with Crippen molar-refractivity contribution in [2.24, 2.45) is 0 Å². The van der Waals surface area contributed by atoms with Gasteiger partial charge in [-0.2, -0.15) is 0 Å². The standard InChI is InChI=1S/C19H21N2O2/c1-19(22-11-12-23-19)16-5-4-9-21(14-16)10-8-15-13-20-18-7-3-2-6-17(15)18/h2-7,9,13-14,20H,8,10-12H2,1H3/q+1. The molecule has 1 N–H and O–H groups in total. The highest BCUT2D eigenvalue weighted by atomic mass is 16.7. The van der Waals surface area contributed by atoms with Crippen LogP contribution in [0.4, 0.5) is 0 Å². The second kappa shape index (κ2) is 5.80. The number of aromatic amines is 1. The Kier molecular flexibility index (Phi) is 3.63. The zero-order valence-electron chi connectivity index (χ0n) is 13.3. The molecular weight excluding hydrogens is 288 g/mol. The third kappa shape index (κ3) is 2.76. The lowest BCUT2D eigenvalue weighted by Crippen LogP contribution is -2.37. The summed E-state index contributed by atoms with van der Waals surface area (Å²) in [6, 6.07) is 12.5. The SMILES string of the molecule is CC1(c2ccc[n+](CCc3c[nH]c4ccccc34)c2)OCCO1. The second-order valence-electron chi connectivity index (χ2n) is 6.08. The van der Waals surface area contributed by atoms with Gasteiger partial charge in [0.2, 0.25) is 0 Å². The highest BCUT2D eigenvalue weighted by Crippen LogP contribution is 2.29. The zero-order valence-corrected chi connectivity index (χ0v) is 13.3. The van der Waals surface area contributed by atoms with E-state index in [0.717, 1.165) is 18.5 Å². The highest BCUT2D eigenvalue weighted by Gasteiger charge is 2.34. The number of H-pyrrole nitrogens is 1. The van der Waals surface area contributed by atoms with Gasteiger partial charge in [0.25, 0.3) is 0 Å². The lowest BCUT2D eigenvalue weighted by molar-refractivity contribution is -0.697. The van der Waals surface area contributed by atoms with Gasteiger partial charge >= 0.3 is 0 Å². The maximum Gasteiger partial charge on any atom is 0.197 e. The Morgan fingerprint density at radius 1 is 1.13 bits per heavy atom. The summed E-state index contributed by atoms with van der Waals surface area (Å²) in [5, 5.41) is 1.30. The molecule has 0 unspecified atom stereocenters. The van der Waals surface area contributed by atoms with Gasteiger partial charge in [0.1, 0.15) is 0 Å². The minimum absolute atomic E-state index is 0.607. The van der Waals surface area contributed by atoms with E-state index in [0.29, 0.717) is 13.2 Å². The van der Waals surface area contributed by atoms with Crippen LogP contribution in [0.3, 0.4) is 0 Å². The predicted molar refractivity (Wildman–Crippen MR) is 87.9 cm³/mol. The van der Waals surface area contributed by atoms with Gasteiger partial charge in [0.05, 0.1) is 18.8 Å². The summed E-state index contributed by atoms with van der Waals surface area (Å²) < 4.78 is 13.7. The highest BCUT2D eigenvalue weighted by molar-refractivity contribution is 5.82. The normalized spacial score (nSPS) is 16.9.